The molecule has 1 aliphatic carbocycles. The van der Waals surface area contributed by atoms with Gasteiger partial charge in [-0.25, -0.2) is 0 Å². The first-order valence-corrected chi connectivity index (χ1v) is 13.9. The molecule has 1 saturated carbocycles. The maximum atomic E-state index is 13.6. The number of benzene rings is 1. The van der Waals surface area contributed by atoms with E-state index in [1.165, 1.54) is 18.2 Å². The van der Waals surface area contributed by atoms with E-state index in [1.54, 1.807) is 18.3 Å². The van der Waals surface area contributed by atoms with E-state index < -0.39 is 23.5 Å². The fourth-order valence-corrected chi connectivity index (χ4v) is 5.70. The number of halogens is 6. The Balaban J connectivity index is 1.57. The standard InChI is InChI=1S/C29H31F6N7O/c1-41-39-27(38-40-41)42(16-19-10-23(28(30,31)32)13-24(11-19)29(33,34)35)17-22-12-21(25-7-4-8-43-25)15-37-26(22)20(14-36)9-18-5-2-3-6-18/h4,7-8,10-13,15,18,20H,2-3,5-6,9,14,16-17,36H2,1H3. The van der Waals surface area contributed by atoms with Crippen LogP contribution >= 0.6 is 0 Å². The van der Waals surface area contributed by atoms with Crippen LogP contribution in [0, 0.1) is 5.92 Å². The third kappa shape index (κ3) is 7.35. The van der Waals surface area contributed by atoms with E-state index in [-0.39, 0.29) is 36.6 Å². The van der Waals surface area contributed by atoms with Crippen LogP contribution in [0.4, 0.5) is 32.3 Å². The highest BCUT2D eigenvalue weighted by atomic mass is 19.4. The molecule has 1 unspecified atom stereocenters. The number of alkyl halides is 6. The lowest BCUT2D eigenvalue weighted by atomic mass is 9.88. The highest BCUT2D eigenvalue weighted by molar-refractivity contribution is 5.58. The predicted octanol–water partition coefficient (Wildman–Crippen LogP) is 6.73. The molecule has 1 atom stereocenters. The Hall–Kier alpha value is -3.94. The number of rotatable bonds is 10. The smallest absolute Gasteiger partial charge is 0.416 e. The summed E-state index contributed by atoms with van der Waals surface area (Å²) in [6, 6.07) is 6.88. The molecule has 0 spiro atoms. The van der Waals surface area contributed by atoms with Gasteiger partial charge in [-0.2, -0.15) is 31.1 Å². The van der Waals surface area contributed by atoms with Crippen molar-refractivity contribution in [2.45, 2.75) is 63.5 Å². The molecule has 4 aromatic rings. The van der Waals surface area contributed by atoms with Crippen molar-refractivity contribution in [1.29, 1.82) is 0 Å². The number of aromatic nitrogens is 5. The normalized spacial score (nSPS) is 15.3. The minimum atomic E-state index is -4.98. The fourth-order valence-electron chi connectivity index (χ4n) is 5.70. The molecule has 0 bridgehead atoms. The van der Waals surface area contributed by atoms with E-state index in [0.717, 1.165) is 36.9 Å². The van der Waals surface area contributed by atoms with Crippen LogP contribution in [0.2, 0.25) is 0 Å². The fraction of sp³-hybridized carbons (Fsp3) is 0.448. The monoisotopic (exact) mass is 607 g/mol. The average molecular weight is 608 g/mol. The van der Waals surface area contributed by atoms with Crippen LogP contribution in [0.15, 0.2) is 53.3 Å². The van der Waals surface area contributed by atoms with Crippen molar-refractivity contribution in [1.82, 2.24) is 25.2 Å². The summed E-state index contributed by atoms with van der Waals surface area (Å²) in [7, 11) is 1.51. The van der Waals surface area contributed by atoms with E-state index >= 15 is 0 Å². The molecule has 0 amide bonds. The van der Waals surface area contributed by atoms with E-state index in [4.69, 9.17) is 15.1 Å². The summed E-state index contributed by atoms with van der Waals surface area (Å²) in [5.41, 5.74) is 5.28. The molecule has 43 heavy (non-hydrogen) atoms. The lowest BCUT2D eigenvalue weighted by Crippen LogP contribution is -2.27. The first kappa shape index (κ1) is 30.5. The van der Waals surface area contributed by atoms with Crippen molar-refractivity contribution in [3.05, 3.63) is 76.8 Å². The van der Waals surface area contributed by atoms with Crippen molar-refractivity contribution in [2.24, 2.45) is 18.7 Å². The summed E-state index contributed by atoms with van der Waals surface area (Å²) >= 11 is 0. The van der Waals surface area contributed by atoms with Crippen molar-refractivity contribution in [3.63, 3.8) is 0 Å². The molecule has 1 aliphatic rings. The van der Waals surface area contributed by atoms with Crippen LogP contribution in [0.5, 0.6) is 0 Å². The van der Waals surface area contributed by atoms with Crippen molar-refractivity contribution < 1.29 is 30.8 Å². The third-order valence-corrected chi connectivity index (χ3v) is 7.73. The number of furan rings is 1. The molecule has 0 radical (unpaired) electrons. The lowest BCUT2D eigenvalue weighted by molar-refractivity contribution is -0.143. The number of hydrogen-bond acceptors (Lipinski definition) is 7. The minimum absolute atomic E-state index is 0.0152. The van der Waals surface area contributed by atoms with Crippen LogP contribution in [0.3, 0.4) is 0 Å². The zero-order valence-electron chi connectivity index (χ0n) is 23.4. The van der Waals surface area contributed by atoms with Gasteiger partial charge in [0.05, 0.1) is 24.4 Å². The van der Waals surface area contributed by atoms with Gasteiger partial charge in [-0.15, -0.1) is 5.10 Å². The first-order valence-electron chi connectivity index (χ1n) is 13.9. The number of nitrogens with two attached hydrogens (primary N) is 1. The molecule has 5 rings (SSSR count). The Morgan fingerprint density at radius 3 is 2.28 bits per heavy atom. The molecule has 0 aliphatic heterocycles. The van der Waals surface area contributed by atoms with Gasteiger partial charge in [-0.1, -0.05) is 30.8 Å². The number of tetrazole rings is 1. The van der Waals surface area contributed by atoms with Crippen molar-refractivity contribution in [3.8, 4) is 11.3 Å². The maximum Gasteiger partial charge on any atom is 0.416 e. The third-order valence-electron chi connectivity index (χ3n) is 7.73. The van der Waals surface area contributed by atoms with E-state index in [2.05, 4.69) is 15.4 Å². The van der Waals surface area contributed by atoms with Gasteiger partial charge in [0.1, 0.15) is 5.76 Å². The number of anilines is 1. The number of aryl methyl sites for hydroxylation is 1. The number of nitrogens with zero attached hydrogens (tertiary/aromatic N) is 6. The Morgan fingerprint density at radius 2 is 1.72 bits per heavy atom. The van der Waals surface area contributed by atoms with Gasteiger partial charge in [0, 0.05) is 43.0 Å². The second-order valence-corrected chi connectivity index (χ2v) is 10.9. The summed E-state index contributed by atoms with van der Waals surface area (Å²) in [4.78, 5) is 7.42. The molecule has 230 valence electrons. The van der Waals surface area contributed by atoms with Crippen LogP contribution in [0.1, 0.15) is 66.0 Å². The largest absolute Gasteiger partial charge is 0.464 e. The van der Waals surface area contributed by atoms with Gasteiger partial charge in [-0.05, 0) is 65.1 Å². The van der Waals surface area contributed by atoms with Gasteiger partial charge in [0.2, 0.25) is 0 Å². The molecule has 14 heteroatoms. The second-order valence-electron chi connectivity index (χ2n) is 10.9. The van der Waals surface area contributed by atoms with Crippen molar-refractivity contribution >= 4 is 5.95 Å². The SMILES string of the molecule is Cn1nnc(N(Cc2cc(C(F)(F)F)cc(C(F)(F)F)c2)Cc2cc(-c3ccco3)cnc2C(CN)CC2CCCC2)n1. The van der Waals surface area contributed by atoms with Crippen LogP contribution in [-0.2, 0) is 32.5 Å². The summed E-state index contributed by atoms with van der Waals surface area (Å²) in [5.74, 6) is 0.975. The maximum absolute atomic E-state index is 13.6. The quantitative estimate of drug-likeness (QED) is 0.200. The van der Waals surface area contributed by atoms with Crippen LogP contribution in [-0.4, -0.2) is 31.7 Å². The molecule has 2 N–H and O–H groups in total. The predicted molar refractivity (Wildman–Crippen MR) is 145 cm³/mol. The van der Waals surface area contributed by atoms with Crippen molar-refractivity contribution in [2.75, 3.05) is 11.4 Å². The number of pyridine rings is 1. The molecule has 1 aromatic carbocycles. The molecule has 3 aromatic heterocycles. The average Bonchev–Trinajstić information content (AvgIpc) is 3.74. The number of hydrogen-bond donors (Lipinski definition) is 1. The molecule has 1 fully saturated rings. The zero-order valence-corrected chi connectivity index (χ0v) is 23.4. The Bertz CT molecular complexity index is 1480. The zero-order chi connectivity index (χ0) is 30.8. The molecular formula is C29H31F6N7O. The second kappa shape index (κ2) is 12.3. The van der Waals surface area contributed by atoms with Gasteiger partial charge in [-0.3, -0.25) is 4.98 Å². The molecule has 0 saturated heterocycles. The first-order chi connectivity index (χ1) is 20.4. The van der Waals surface area contributed by atoms with Crippen LogP contribution in [0.25, 0.3) is 11.3 Å². The Morgan fingerprint density at radius 1 is 1.02 bits per heavy atom. The van der Waals surface area contributed by atoms with Gasteiger partial charge in [0.15, 0.2) is 0 Å². The van der Waals surface area contributed by atoms with Gasteiger partial charge >= 0.3 is 12.4 Å². The topological polar surface area (TPSA) is 98.9 Å². The highest BCUT2D eigenvalue weighted by Gasteiger charge is 2.37. The van der Waals surface area contributed by atoms with Gasteiger partial charge < -0.3 is 15.1 Å². The highest BCUT2D eigenvalue weighted by Crippen LogP contribution is 2.38. The summed E-state index contributed by atoms with van der Waals surface area (Å²) < 4.78 is 87.3. The minimum Gasteiger partial charge on any atom is -0.464 e. The summed E-state index contributed by atoms with van der Waals surface area (Å²) in [6.07, 6.45) is -1.42. The van der Waals surface area contributed by atoms with E-state index in [9.17, 15) is 26.3 Å². The van der Waals surface area contributed by atoms with Crippen LogP contribution < -0.4 is 10.6 Å². The molecule has 3 heterocycles. The lowest BCUT2D eigenvalue weighted by Gasteiger charge is -2.26. The van der Waals surface area contributed by atoms with E-state index in [0.29, 0.717) is 47.2 Å². The Kier molecular flexibility index (Phi) is 8.76. The Labute approximate surface area is 243 Å². The summed E-state index contributed by atoms with van der Waals surface area (Å²) in [5, 5.41) is 12.1. The molecule has 8 nitrogen and oxygen atoms in total. The summed E-state index contributed by atoms with van der Waals surface area (Å²) in [6.45, 7) is -0.0249. The van der Waals surface area contributed by atoms with Gasteiger partial charge in [0.25, 0.3) is 5.95 Å². The van der Waals surface area contributed by atoms with E-state index in [1.807, 2.05) is 6.07 Å². The molecular weight excluding hydrogens is 576 g/mol.